The van der Waals surface area contributed by atoms with Gasteiger partial charge in [0, 0.05) is 20.0 Å². The predicted octanol–water partition coefficient (Wildman–Crippen LogP) is 0.172. The maximum Gasteiger partial charge on any atom is 0.303 e. The lowest BCUT2D eigenvalue weighted by Crippen LogP contribution is -2.31. The molecule has 1 heterocycles. The van der Waals surface area contributed by atoms with Crippen LogP contribution in [0.1, 0.15) is 19.8 Å². The monoisotopic (exact) mass is 171 g/mol. The van der Waals surface area contributed by atoms with Gasteiger partial charge in [0.15, 0.2) is 6.61 Å². The minimum Gasteiger partial charge on any atom is -0.456 e. The average Bonchev–Trinajstić information content (AvgIpc) is 2.51. The van der Waals surface area contributed by atoms with Crippen LogP contribution in [0.3, 0.4) is 0 Å². The van der Waals surface area contributed by atoms with Crippen LogP contribution in [0, 0.1) is 0 Å². The third-order valence-corrected chi connectivity index (χ3v) is 1.86. The SMILES string of the molecule is CC(=O)OCC(=O)N1CCCC1. The van der Waals surface area contributed by atoms with Crippen LogP contribution in [0.2, 0.25) is 0 Å². The van der Waals surface area contributed by atoms with E-state index in [1.54, 1.807) is 4.90 Å². The molecule has 0 aromatic rings. The van der Waals surface area contributed by atoms with Crippen LogP contribution in [0.25, 0.3) is 0 Å². The van der Waals surface area contributed by atoms with Crippen LogP contribution >= 0.6 is 0 Å². The molecule has 1 aliphatic rings. The summed E-state index contributed by atoms with van der Waals surface area (Å²) in [5, 5.41) is 0. The van der Waals surface area contributed by atoms with Crippen molar-refractivity contribution in [2.75, 3.05) is 19.7 Å². The lowest BCUT2D eigenvalue weighted by Gasteiger charge is -2.14. The first-order valence-corrected chi connectivity index (χ1v) is 4.11. The van der Waals surface area contributed by atoms with Gasteiger partial charge in [-0.3, -0.25) is 9.59 Å². The number of esters is 1. The highest BCUT2D eigenvalue weighted by molar-refractivity contribution is 5.80. The Bertz CT molecular complexity index is 185. The van der Waals surface area contributed by atoms with Crippen molar-refractivity contribution in [1.29, 1.82) is 0 Å². The Balaban J connectivity index is 2.23. The fourth-order valence-electron chi connectivity index (χ4n) is 1.22. The largest absolute Gasteiger partial charge is 0.456 e. The minimum absolute atomic E-state index is 0.0808. The summed E-state index contributed by atoms with van der Waals surface area (Å²) in [5.74, 6) is -0.481. The van der Waals surface area contributed by atoms with Gasteiger partial charge in [0.2, 0.25) is 0 Å². The van der Waals surface area contributed by atoms with Gasteiger partial charge >= 0.3 is 5.97 Å². The second kappa shape index (κ2) is 4.09. The number of amides is 1. The van der Waals surface area contributed by atoms with Crippen molar-refractivity contribution in [3.63, 3.8) is 0 Å². The molecule has 1 rings (SSSR count). The zero-order valence-electron chi connectivity index (χ0n) is 7.21. The Morgan fingerprint density at radius 2 is 1.92 bits per heavy atom. The van der Waals surface area contributed by atoms with Crippen molar-refractivity contribution >= 4 is 11.9 Å². The summed E-state index contributed by atoms with van der Waals surface area (Å²) in [4.78, 5) is 23.3. The highest BCUT2D eigenvalue weighted by atomic mass is 16.5. The lowest BCUT2D eigenvalue weighted by atomic mass is 10.4. The molecule has 0 aliphatic carbocycles. The summed E-state index contributed by atoms with van der Waals surface area (Å²) >= 11 is 0. The van der Waals surface area contributed by atoms with Crippen LogP contribution in [0.5, 0.6) is 0 Å². The van der Waals surface area contributed by atoms with Gasteiger partial charge in [-0.05, 0) is 12.8 Å². The zero-order chi connectivity index (χ0) is 8.97. The molecule has 12 heavy (non-hydrogen) atoms. The molecule has 0 aromatic heterocycles. The molecular formula is C8H13NO3. The molecule has 0 atom stereocenters. The molecule has 0 spiro atoms. The Morgan fingerprint density at radius 1 is 1.33 bits per heavy atom. The summed E-state index contributed by atoms with van der Waals surface area (Å²) in [6, 6.07) is 0. The van der Waals surface area contributed by atoms with Crippen molar-refractivity contribution in [3.05, 3.63) is 0 Å². The quantitative estimate of drug-likeness (QED) is 0.556. The molecule has 4 heteroatoms. The summed E-state index contributed by atoms with van der Waals surface area (Å²) in [7, 11) is 0. The molecule has 0 bridgehead atoms. The highest BCUT2D eigenvalue weighted by Crippen LogP contribution is 2.07. The van der Waals surface area contributed by atoms with Gasteiger partial charge in [-0.15, -0.1) is 0 Å². The number of rotatable bonds is 2. The molecule has 1 fully saturated rings. The first kappa shape index (κ1) is 9.03. The molecule has 0 aromatic carbocycles. The van der Waals surface area contributed by atoms with Crippen LogP contribution in [-0.4, -0.2) is 36.5 Å². The Morgan fingerprint density at radius 3 is 2.42 bits per heavy atom. The fraction of sp³-hybridized carbons (Fsp3) is 0.750. The van der Waals surface area contributed by atoms with Crippen molar-refractivity contribution in [3.8, 4) is 0 Å². The first-order chi connectivity index (χ1) is 5.70. The molecule has 4 nitrogen and oxygen atoms in total. The van der Waals surface area contributed by atoms with Crippen molar-refractivity contribution in [2.45, 2.75) is 19.8 Å². The van der Waals surface area contributed by atoms with E-state index in [0.29, 0.717) is 0 Å². The third-order valence-electron chi connectivity index (χ3n) is 1.86. The smallest absolute Gasteiger partial charge is 0.303 e. The predicted molar refractivity (Wildman–Crippen MR) is 42.4 cm³/mol. The third kappa shape index (κ3) is 2.53. The van der Waals surface area contributed by atoms with Gasteiger partial charge in [0.05, 0.1) is 0 Å². The molecule has 0 N–H and O–H groups in total. The molecule has 1 amide bonds. The topological polar surface area (TPSA) is 46.6 Å². The van der Waals surface area contributed by atoms with E-state index < -0.39 is 5.97 Å². The Hall–Kier alpha value is -1.06. The van der Waals surface area contributed by atoms with E-state index in [0.717, 1.165) is 25.9 Å². The van der Waals surface area contributed by atoms with Crippen molar-refractivity contribution in [1.82, 2.24) is 4.90 Å². The number of carbonyl (C=O) groups is 2. The van der Waals surface area contributed by atoms with E-state index in [-0.39, 0.29) is 12.5 Å². The van der Waals surface area contributed by atoms with Crippen LogP contribution < -0.4 is 0 Å². The van der Waals surface area contributed by atoms with E-state index in [2.05, 4.69) is 4.74 Å². The summed E-state index contributed by atoms with van der Waals surface area (Å²) in [6.07, 6.45) is 2.12. The molecule has 0 radical (unpaired) electrons. The molecule has 1 saturated heterocycles. The minimum atomic E-state index is -0.400. The second-order valence-corrected chi connectivity index (χ2v) is 2.87. The van der Waals surface area contributed by atoms with E-state index in [1.165, 1.54) is 6.92 Å². The highest BCUT2D eigenvalue weighted by Gasteiger charge is 2.18. The molecule has 0 unspecified atom stereocenters. The number of hydrogen-bond donors (Lipinski definition) is 0. The van der Waals surface area contributed by atoms with Gasteiger partial charge in [-0.1, -0.05) is 0 Å². The second-order valence-electron chi connectivity index (χ2n) is 2.87. The maximum absolute atomic E-state index is 11.2. The van der Waals surface area contributed by atoms with Gasteiger partial charge in [-0.25, -0.2) is 0 Å². The normalized spacial score (nSPS) is 16.2. The average molecular weight is 171 g/mol. The molecule has 0 saturated carbocycles. The van der Waals surface area contributed by atoms with Crippen molar-refractivity contribution < 1.29 is 14.3 Å². The van der Waals surface area contributed by atoms with Crippen molar-refractivity contribution in [2.24, 2.45) is 0 Å². The van der Waals surface area contributed by atoms with Gasteiger partial charge in [0.25, 0.3) is 5.91 Å². The van der Waals surface area contributed by atoms with E-state index in [9.17, 15) is 9.59 Å². The number of carbonyl (C=O) groups excluding carboxylic acids is 2. The molecule has 68 valence electrons. The number of ether oxygens (including phenoxy) is 1. The van der Waals surface area contributed by atoms with E-state index in [4.69, 9.17) is 0 Å². The standard InChI is InChI=1S/C8H13NO3/c1-7(10)12-6-8(11)9-4-2-3-5-9/h2-6H2,1H3. The first-order valence-electron chi connectivity index (χ1n) is 4.11. The van der Waals surface area contributed by atoms with Gasteiger partial charge < -0.3 is 9.64 Å². The van der Waals surface area contributed by atoms with Crippen LogP contribution in [0.4, 0.5) is 0 Å². The molecular weight excluding hydrogens is 158 g/mol. The summed E-state index contributed by atoms with van der Waals surface area (Å²) in [6.45, 7) is 2.81. The summed E-state index contributed by atoms with van der Waals surface area (Å²) < 4.78 is 4.59. The lowest BCUT2D eigenvalue weighted by molar-refractivity contribution is -0.149. The Kier molecular flexibility index (Phi) is 3.08. The number of likely N-dealkylation sites (tertiary alicyclic amines) is 1. The fourth-order valence-corrected chi connectivity index (χ4v) is 1.22. The maximum atomic E-state index is 11.2. The number of nitrogens with zero attached hydrogens (tertiary/aromatic N) is 1. The van der Waals surface area contributed by atoms with Crippen LogP contribution in [0.15, 0.2) is 0 Å². The van der Waals surface area contributed by atoms with Gasteiger partial charge in [0.1, 0.15) is 0 Å². The van der Waals surface area contributed by atoms with Crippen LogP contribution in [-0.2, 0) is 14.3 Å². The van der Waals surface area contributed by atoms with E-state index in [1.807, 2.05) is 0 Å². The van der Waals surface area contributed by atoms with Gasteiger partial charge in [-0.2, -0.15) is 0 Å². The molecule has 1 aliphatic heterocycles. The summed E-state index contributed by atoms with van der Waals surface area (Å²) in [5.41, 5.74) is 0. The van der Waals surface area contributed by atoms with E-state index >= 15 is 0 Å². The zero-order valence-corrected chi connectivity index (χ0v) is 7.21. The Labute approximate surface area is 71.5 Å². The number of hydrogen-bond acceptors (Lipinski definition) is 3.